The molecule has 1 atom stereocenters. The molecule has 3 rings (SSSR count). The van der Waals surface area contributed by atoms with Crippen molar-refractivity contribution in [2.45, 2.75) is 10.9 Å². The number of methoxy groups -OCH3 is 1. The van der Waals surface area contributed by atoms with Gasteiger partial charge >= 0.3 is 0 Å². The largest absolute Gasteiger partial charge is 0.497 e. The van der Waals surface area contributed by atoms with Crippen LogP contribution in [0, 0.1) is 0 Å². The molecule has 2 aromatic rings. The first-order chi connectivity index (χ1) is 11.8. The fraction of sp³-hybridized carbons (Fsp3) is 0.176. The predicted octanol–water partition coefficient (Wildman–Crippen LogP) is 2.20. The maximum absolute atomic E-state index is 13.2. The first-order valence-corrected chi connectivity index (χ1v) is 10.6. The molecular formula is C17H17NO5S2. The quantitative estimate of drug-likeness (QED) is 0.796. The zero-order chi connectivity index (χ0) is 18.1. The van der Waals surface area contributed by atoms with Gasteiger partial charge < -0.3 is 4.74 Å². The van der Waals surface area contributed by atoms with Gasteiger partial charge in [-0.05, 0) is 42.5 Å². The number of ether oxygens (including phenoxy) is 1. The summed E-state index contributed by atoms with van der Waals surface area (Å²) in [6.45, 7) is 0. The van der Waals surface area contributed by atoms with E-state index in [0.717, 1.165) is 9.71 Å². The standard InChI is InChI=1S/C17H17NO5S2/c1-23-16-9-7-14(8-10-16)18(15-11-12-24(19,20)13-15)25(21,22)17-5-3-2-4-6-17/h2-12,15H,13H2,1H3. The van der Waals surface area contributed by atoms with Crippen molar-refractivity contribution in [1.29, 1.82) is 0 Å². The van der Waals surface area contributed by atoms with E-state index in [1.54, 1.807) is 42.5 Å². The van der Waals surface area contributed by atoms with Crippen LogP contribution < -0.4 is 9.04 Å². The van der Waals surface area contributed by atoms with E-state index in [1.807, 2.05) is 0 Å². The molecule has 0 amide bonds. The highest BCUT2D eigenvalue weighted by molar-refractivity contribution is 7.95. The Labute approximate surface area is 147 Å². The second-order valence-electron chi connectivity index (χ2n) is 5.54. The Morgan fingerprint density at radius 3 is 2.20 bits per heavy atom. The van der Waals surface area contributed by atoms with Crippen molar-refractivity contribution in [1.82, 2.24) is 0 Å². The summed E-state index contributed by atoms with van der Waals surface area (Å²) < 4.78 is 56.2. The molecular weight excluding hydrogens is 362 g/mol. The summed E-state index contributed by atoms with van der Waals surface area (Å²) in [7, 11) is -5.83. The molecule has 2 aromatic carbocycles. The van der Waals surface area contributed by atoms with Crippen molar-refractivity contribution in [2.75, 3.05) is 17.2 Å². The summed E-state index contributed by atoms with van der Waals surface area (Å²) >= 11 is 0. The van der Waals surface area contributed by atoms with E-state index in [4.69, 9.17) is 4.74 Å². The molecule has 0 bridgehead atoms. The average molecular weight is 379 g/mol. The Hall–Kier alpha value is -2.32. The molecule has 1 aliphatic heterocycles. The molecule has 0 fully saturated rings. The van der Waals surface area contributed by atoms with Crippen molar-refractivity contribution in [3.05, 3.63) is 66.1 Å². The Morgan fingerprint density at radius 2 is 1.68 bits per heavy atom. The summed E-state index contributed by atoms with van der Waals surface area (Å²) in [5.41, 5.74) is 0.372. The minimum atomic E-state index is -3.93. The van der Waals surface area contributed by atoms with E-state index in [9.17, 15) is 16.8 Å². The zero-order valence-corrected chi connectivity index (χ0v) is 15.1. The lowest BCUT2D eigenvalue weighted by Crippen LogP contribution is -2.41. The van der Waals surface area contributed by atoms with Crippen molar-refractivity contribution < 1.29 is 21.6 Å². The van der Waals surface area contributed by atoms with Crippen LogP contribution in [-0.2, 0) is 19.9 Å². The number of sulfonamides is 1. The minimum Gasteiger partial charge on any atom is -0.497 e. The number of benzene rings is 2. The number of nitrogens with zero attached hydrogens (tertiary/aromatic N) is 1. The first-order valence-electron chi connectivity index (χ1n) is 7.48. The Kier molecular flexibility index (Phi) is 4.57. The van der Waals surface area contributed by atoms with Gasteiger partial charge in [-0.2, -0.15) is 0 Å². The van der Waals surface area contributed by atoms with E-state index in [2.05, 4.69) is 0 Å². The lowest BCUT2D eigenvalue weighted by Gasteiger charge is -2.29. The highest BCUT2D eigenvalue weighted by atomic mass is 32.2. The zero-order valence-electron chi connectivity index (χ0n) is 13.4. The molecule has 1 aliphatic rings. The van der Waals surface area contributed by atoms with Crippen LogP contribution in [0.5, 0.6) is 5.75 Å². The highest BCUT2D eigenvalue weighted by Gasteiger charge is 2.35. The fourth-order valence-electron chi connectivity index (χ4n) is 2.65. The van der Waals surface area contributed by atoms with Gasteiger partial charge in [0.05, 0.1) is 29.5 Å². The third-order valence-corrected chi connectivity index (χ3v) is 7.08. The van der Waals surface area contributed by atoms with Crippen molar-refractivity contribution >= 4 is 25.5 Å². The number of sulfone groups is 1. The van der Waals surface area contributed by atoms with Gasteiger partial charge in [-0.3, -0.25) is 4.31 Å². The Balaban J connectivity index is 2.10. The summed E-state index contributed by atoms with van der Waals surface area (Å²) in [5.74, 6) is 0.292. The fourth-order valence-corrected chi connectivity index (χ4v) is 5.64. The van der Waals surface area contributed by atoms with Crippen LogP contribution in [0.2, 0.25) is 0 Å². The van der Waals surface area contributed by atoms with Crippen molar-refractivity contribution in [2.24, 2.45) is 0 Å². The van der Waals surface area contributed by atoms with Crippen LogP contribution in [0.1, 0.15) is 0 Å². The molecule has 0 saturated carbocycles. The van der Waals surface area contributed by atoms with Crippen molar-refractivity contribution in [3.63, 3.8) is 0 Å². The van der Waals surface area contributed by atoms with Crippen LogP contribution >= 0.6 is 0 Å². The van der Waals surface area contributed by atoms with Crippen LogP contribution in [-0.4, -0.2) is 35.7 Å². The number of anilines is 1. The summed E-state index contributed by atoms with van der Waals surface area (Å²) in [4.78, 5) is 0.100. The third kappa shape index (κ3) is 3.54. The summed E-state index contributed by atoms with van der Waals surface area (Å²) in [6, 6.07) is 13.6. The van der Waals surface area contributed by atoms with Gasteiger partial charge in [0.25, 0.3) is 10.0 Å². The maximum Gasteiger partial charge on any atom is 0.264 e. The van der Waals surface area contributed by atoms with Gasteiger partial charge in [0.2, 0.25) is 0 Å². The second-order valence-corrected chi connectivity index (χ2v) is 9.28. The molecule has 1 heterocycles. The summed E-state index contributed by atoms with van der Waals surface area (Å²) in [6.07, 6.45) is 1.40. The topological polar surface area (TPSA) is 80.8 Å². The number of hydrogen-bond donors (Lipinski definition) is 0. The molecule has 0 spiro atoms. The van der Waals surface area contributed by atoms with Crippen molar-refractivity contribution in [3.8, 4) is 5.75 Å². The van der Waals surface area contributed by atoms with E-state index in [0.29, 0.717) is 11.4 Å². The van der Waals surface area contributed by atoms with Crippen LogP contribution in [0.25, 0.3) is 0 Å². The number of hydrogen-bond acceptors (Lipinski definition) is 5. The minimum absolute atomic E-state index is 0.100. The lowest BCUT2D eigenvalue weighted by molar-refractivity contribution is 0.415. The third-order valence-electron chi connectivity index (χ3n) is 3.84. The van der Waals surface area contributed by atoms with E-state index in [-0.39, 0.29) is 10.6 Å². The molecule has 0 saturated heterocycles. The van der Waals surface area contributed by atoms with Gasteiger partial charge in [0.15, 0.2) is 9.84 Å². The predicted molar refractivity (Wildman–Crippen MR) is 95.8 cm³/mol. The van der Waals surface area contributed by atoms with E-state index in [1.165, 1.54) is 25.3 Å². The molecule has 6 nitrogen and oxygen atoms in total. The maximum atomic E-state index is 13.2. The van der Waals surface area contributed by atoms with Gasteiger partial charge in [-0.15, -0.1) is 0 Å². The van der Waals surface area contributed by atoms with Crippen LogP contribution in [0.3, 0.4) is 0 Å². The van der Waals surface area contributed by atoms with Crippen LogP contribution in [0.4, 0.5) is 5.69 Å². The molecule has 8 heteroatoms. The first kappa shape index (κ1) is 17.5. The van der Waals surface area contributed by atoms with E-state index >= 15 is 0 Å². The highest BCUT2D eigenvalue weighted by Crippen LogP contribution is 2.30. The molecule has 1 unspecified atom stereocenters. The normalized spacial score (nSPS) is 18.8. The second kappa shape index (κ2) is 6.53. The van der Waals surface area contributed by atoms with Gasteiger partial charge in [-0.1, -0.05) is 18.2 Å². The smallest absolute Gasteiger partial charge is 0.264 e. The van der Waals surface area contributed by atoms with E-state index < -0.39 is 25.9 Å². The summed E-state index contributed by atoms with van der Waals surface area (Å²) in [5, 5.41) is 1.06. The molecule has 0 aliphatic carbocycles. The molecule has 0 aromatic heterocycles. The molecule has 132 valence electrons. The van der Waals surface area contributed by atoms with Gasteiger partial charge in [0, 0.05) is 5.41 Å². The molecule has 0 radical (unpaired) electrons. The average Bonchev–Trinajstić information content (AvgIpc) is 2.95. The molecule has 25 heavy (non-hydrogen) atoms. The Morgan fingerprint density at radius 1 is 1.04 bits per heavy atom. The van der Waals surface area contributed by atoms with Gasteiger partial charge in [0.1, 0.15) is 5.75 Å². The molecule has 0 N–H and O–H groups in total. The monoisotopic (exact) mass is 379 g/mol. The van der Waals surface area contributed by atoms with Gasteiger partial charge in [-0.25, -0.2) is 16.8 Å². The number of rotatable bonds is 5. The SMILES string of the molecule is COc1ccc(N(C2C=CS(=O)(=O)C2)S(=O)(=O)c2ccccc2)cc1. The Bertz CT molecular complexity index is 981. The van der Waals surface area contributed by atoms with Crippen LogP contribution in [0.15, 0.2) is 71.0 Å². The lowest BCUT2D eigenvalue weighted by atomic mass is 10.2.